The van der Waals surface area contributed by atoms with E-state index in [2.05, 4.69) is 20.8 Å². The maximum Gasteiger partial charge on any atom is 0.348 e. The quantitative estimate of drug-likeness (QED) is 0.161. The molecule has 0 bridgehead atoms. The second-order valence-corrected chi connectivity index (χ2v) is 13.1. The first-order valence-electron chi connectivity index (χ1n) is 15.5. The van der Waals surface area contributed by atoms with Gasteiger partial charge in [0.25, 0.3) is 5.91 Å². The number of hydrogen-bond acceptors (Lipinski definition) is 12. The van der Waals surface area contributed by atoms with Gasteiger partial charge in [0.1, 0.15) is 21.4 Å². The molecule has 0 saturated heterocycles. The molecule has 1 aromatic carbocycles. The number of nitrogens with zero attached hydrogens (tertiary/aromatic N) is 3. The average Bonchev–Trinajstić information content (AvgIpc) is 3.63. The van der Waals surface area contributed by atoms with Crippen molar-refractivity contribution in [3.05, 3.63) is 45.6 Å². The number of amides is 2. The van der Waals surface area contributed by atoms with E-state index >= 15 is 0 Å². The number of rotatable bonds is 14. The number of hydrogen-bond donors (Lipinski definition) is 2. The summed E-state index contributed by atoms with van der Waals surface area (Å²) in [7, 11) is 3.04. The van der Waals surface area contributed by atoms with Crippen molar-refractivity contribution in [3.63, 3.8) is 0 Å². The summed E-state index contributed by atoms with van der Waals surface area (Å²) < 4.78 is 23.0. The number of carbonyl (C=O) groups excluding carboxylic acids is 4. The van der Waals surface area contributed by atoms with E-state index in [1.807, 2.05) is 4.57 Å². The minimum absolute atomic E-state index is 0.114. The van der Waals surface area contributed by atoms with Crippen molar-refractivity contribution in [2.75, 3.05) is 32.8 Å². The first kappa shape index (κ1) is 35.7. The Morgan fingerprint density at radius 2 is 1.62 bits per heavy atom. The Morgan fingerprint density at radius 1 is 0.979 bits per heavy atom. The van der Waals surface area contributed by atoms with Crippen molar-refractivity contribution < 1.29 is 38.1 Å². The third-order valence-electron chi connectivity index (χ3n) is 7.67. The molecule has 0 spiro atoms. The molecule has 47 heavy (non-hydrogen) atoms. The minimum atomic E-state index is -0.656. The number of thiophene rings is 1. The molecule has 2 N–H and O–H groups in total. The van der Waals surface area contributed by atoms with Gasteiger partial charge in [-0.1, -0.05) is 31.0 Å². The van der Waals surface area contributed by atoms with Crippen molar-refractivity contribution in [1.82, 2.24) is 20.1 Å². The summed E-state index contributed by atoms with van der Waals surface area (Å²) in [4.78, 5) is 52.2. The topological polar surface area (TPSA) is 160 Å². The Kier molecular flexibility index (Phi) is 12.6. The third kappa shape index (κ3) is 8.63. The smallest absolute Gasteiger partial charge is 0.348 e. The Morgan fingerprint density at radius 3 is 2.23 bits per heavy atom. The van der Waals surface area contributed by atoms with Crippen molar-refractivity contribution in [2.24, 2.45) is 0 Å². The first-order chi connectivity index (χ1) is 22.6. The van der Waals surface area contributed by atoms with Crippen LogP contribution >= 0.6 is 23.1 Å². The summed E-state index contributed by atoms with van der Waals surface area (Å²) in [5.41, 5.74) is 0.892. The number of ether oxygens (including phenoxy) is 4. The van der Waals surface area contributed by atoms with Crippen LogP contribution in [0, 0.1) is 6.92 Å². The van der Waals surface area contributed by atoms with Crippen LogP contribution < -0.4 is 20.1 Å². The van der Waals surface area contributed by atoms with Gasteiger partial charge in [0.05, 0.1) is 44.8 Å². The van der Waals surface area contributed by atoms with Crippen molar-refractivity contribution in [1.29, 1.82) is 0 Å². The molecule has 1 saturated carbocycles. The molecule has 15 heteroatoms. The maximum atomic E-state index is 13.5. The molecule has 1 aliphatic carbocycles. The summed E-state index contributed by atoms with van der Waals surface area (Å²) in [5, 5.41) is 14.7. The highest BCUT2D eigenvalue weighted by Gasteiger charge is 2.30. The van der Waals surface area contributed by atoms with Gasteiger partial charge in [-0.3, -0.25) is 9.59 Å². The Labute approximate surface area is 282 Å². The largest absolute Gasteiger partial charge is 0.497 e. The number of nitrogens with one attached hydrogen (secondary N) is 2. The van der Waals surface area contributed by atoms with Crippen LogP contribution in [0.1, 0.15) is 101 Å². The molecule has 13 nitrogen and oxygen atoms in total. The van der Waals surface area contributed by atoms with E-state index in [1.54, 1.807) is 45.9 Å². The molecule has 4 rings (SSSR count). The molecule has 1 atom stereocenters. The molecule has 2 heterocycles. The molecule has 254 valence electrons. The second-order valence-electron chi connectivity index (χ2n) is 10.8. The zero-order valence-electron chi connectivity index (χ0n) is 27.5. The maximum absolute atomic E-state index is 13.5. The monoisotopic (exact) mass is 687 g/mol. The molecular formula is C32H41N5O8S2. The summed E-state index contributed by atoms with van der Waals surface area (Å²) >= 11 is 2.21. The van der Waals surface area contributed by atoms with Crippen LogP contribution in [0.2, 0.25) is 0 Å². The van der Waals surface area contributed by atoms with Crippen LogP contribution in [0.5, 0.6) is 11.5 Å². The van der Waals surface area contributed by atoms with E-state index in [4.69, 9.17) is 18.9 Å². The first-order valence-corrected chi connectivity index (χ1v) is 17.2. The summed E-state index contributed by atoms with van der Waals surface area (Å²) in [6, 6.07) is 5.06. The Bertz CT molecular complexity index is 1580. The lowest BCUT2D eigenvalue weighted by atomic mass is 9.95. The van der Waals surface area contributed by atoms with Crippen LogP contribution in [0.25, 0.3) is 0 Å². The molecule has 0 unspecified atom stereocenters. The fourth-order valence-electron chi connectivity index (χ4n) is 5.28. The highest BCUT2D eigenvalue weighted by atomic mass is 32.2. The van der Waals surface area contributed by atoms with Gasteiger partial charge in [0, 0.05) is 17.7 Å². The highest BCUT2D eigenvalue weighted by Crippen LogP contribution is 2.37. The number of methoxy groups -OCH3 is 2. The van der Waals surface area contributed by atoms with Gasteiger partial charge in [0.2, 0.25) is 5.91 Å². The van der Waals surface area contributed by atoms with Crippen molar-refractivity contribution in [3.8, 4) is 11.5 Å². The standard InChI is InChI=1S/C32H41N5O8S2/c1-7-44-30(40)25-18(3)26(31(41)45-8-2)47-29(25)34-27(38)19(4)46-32-36-35-24(37(32)21-12-10-9-11-13-21)17-33-28(39)20-14-22(42-5)16-23(15-20)43-6/h14-16,19,21H,7-13,17H2,1-6H3,(H,33,39)(H,34,38)/t19-/m0/s1. The van der Waals surface area contributed by atoms with E-state index in [0.717, 1.165) is 43.4 Å². The Balaban J connectivity index is 1.54. The fraction of sp³-hybridized carbons (Fsp3) is 0.500. The van der Waals surface area contributed by atoms with Gasteiger partial charge in [-0.2, -0.15) is 0 Å². The van der Waals surface area contributed by atoms with Gasteiger partial charge in [-0.25, -0.2) is 9.59 Å². The minimum Gasteiger partial charge on any atom is -0.497 e. The number of aromatic nitrogens is 3. The predicted octanol–water partition coefficient (Wildman–Crippen LogP) is 5.57. The fourth-order valence-corrected chi connectivity index (χ4v) is 7.31. The van der Waals surface area contributed by atoms with E-state index in [1.165, 1.54) is 26.0 Å². The molecular weight excluding hydrogens is 647 g/mol. The summed E-state index contributed by atoms with van der Waals surface area (Å²) in [5.74, 6) is -0.360. The predicted molar refractivity (Wildman–Crippen MR) is 178 cm³/mol. The van der Waals surface area contributed by atoms with Gasteiger partial charge in [0.15, 0.2) is 11.0 Å². The average molecular weight is 688 g/mol. The van der Waals surface area contributed by atoms with Crippen molar-refractivity contribution >= 4 is 51.9 Å². The van der Waals surface area contributed by atoms with Gasteiger partial charge in [-0.15, -0.1) is 21.5 Å². The van der Waals surface area contributed by atoms with Crippen LogP contribution in [-0.2, 0) is 20.8 Å². The van der Waals surface area contributed by atoms with Crippen LogP contribution in [0.4, 0.5) is 5.00 Å². The van der Waals surface area contributed by atoms with Crippen LogP contribution in [0.15, 0.2) is 23.4 Å². The summed E-state index contributed by atoms with van der Waals surface area (Å²) in [6.07, 6.45) is 5.09. The third-order valence-corrected chi connectivity index (χ3v) is 9.92. The highest BCUT2D eigenvalue weighted by molar-refractivity contribution is 8.00. The second kappa shape index (κ2) is 16.6. The van der Waals surface area contributed by atoms with E-state index < -0.39 is 23.1 Å². The molecule has 1 fully saturated rings. The number of benzene rings is 1. The SMILES string of the molecule is CCOC(=O)c1sc(NC(=O)[C@H](C)Sc2nnc(CNC(=O)c3cc(OC)cc(OC)c3)n2C2CCCCC2)c(C(=O)OCC)c1C. The lowest BCUT2D eigenvalue weighted by Crippen LogP contribution is -2.27. The number of anilines is 1. The molecule has 2 aromatic heterocycles. The Hall–Kier alpha value is -4.11. The van der Waals surface area contributed by atoms with E-state index in [0.29, 0.717) is 33.6 Å². The zero-order valence-corrected chi connectivity index (χ0v) is 29.1. The van der Waals surface area contributed by atoms with Crippen LogP contribution in [-0.4, -0.2) is 71.2 Å². The molecule has 3 aromatic rings. The number of thioether (sulfide) groups is 1. The van der Waals surface area contributed by atoms with E-state index in [9.17, 15) is 19.2 Å². The normalized spacial score (nSPS) is 13.8. The van der Waals surface area contributed by atoms with E-state index in [-0.39, 0.29) is 47.1 Å². The molecule has 1 aliphatic rings. The molecule has 0 aliphatic heterocycles. The van der Waals surface area contributed by atoms with Gasteiger partial charge >= 0.3 is 11.9 Å². The number of esters is 2. The van der Waals surface area contributed by atoms with Gasteiger partial charge in [-0.05, 0) is 58.2 Å². The molecule has 2 amide bonds. The summed E-state index contributed by atoms with van der Waals surface area (Å²) in [6.45, 7) is 7.16. The molecule has 0 radical (unpaired) electrons. The van der Waals surface area contributed by atoms with Crippen molar-refractivity contribution in [2.45, 2.75) is 82.8 Å². The van der Waals surface area contributed by atoms with Gasteiger partial charge < -0.3 is 34.1 Å². The lowest BCUT2D eigenvalue weighted by molar-refractivity contribution is -0.115. The lowest BCUT2D eigenvalue weighted by Gasteiger charge is -2.26. The zero-order chi connectivity index (χ0) is 34.1. The van der Waals surface area contributed by atoms with Crippen LogP contribution in [0.3, 0.4) is 0 Å². The number of carbonyl (C=O) groups is 4.